The third-order valence-corrected chi connectivity index (χ3v) is 4.09. The van der Waals surface area contributed by atoms with Crippen molar-refractivity contribution in [3.05, 3.63) is 23.8 Å². The minimum absolute atomic E-state index is 0.0103. The number of aliphatic carboxylic acids is 2. The molecule has 0 bridgehead atoms. The summed E-state index contributed by atoms with van der Waals surface area (Å²) >= 11 is 0. The molecule has 0 radical (unpaired) electrons. The van der Waals surface area contributed by atoms with Crippen LogP contribution in [-0.4, -0.2) is 65.9 Å². The van der Waals surface area contributed by atoms with Gasteiger partial charge in [0.25, 0.3) is 0 Å². The molecule has 9 nitrogen and oxygen atoms in total. The van der Waals surface area contributed by atoms with Crippen molar-refractivity contribution in [2.75, 3.05) is 26.7 Å². The molecule has 0 saturated heterocycles. The van der Waals surface area contributed by atoms with E-state index in [0.29, 0.717) is 6.54 Å². The van der Waals surface area contributed by atoms with Crippen molar-refractivity contribution in [3.8, 4) is 11.5 Å². The predicted octanol–water partition coefficient (Wildman–Crippen LogP) is 1.35. The average Bonchev–Trinajstić information content (AvgIpc) is 2.66. The Morgan fingerprint density at radius 1 is 1.25 bits per heavy atom. The standard InChI is InChI=1S/C17H26N2O3.C2H2O4/c1-4-11-19(12-10-18-13(2)20)17-9-8-14-15(21-3)6-5-7-16(14)22-17;3-1(4)2(5)6/h5-7,17H,4,8-12H2,1-3H3,(H,18,20);(H,3,4)(H,5,6). The Balaban J connectivity index is 0.000000568. The SMILES string of the molecule is CCCN(CCNC(C)=O)C1CCc2c(OC)cccc2O1.O=C(O)C(=O)O. The third kappa shape index (κ3) is 7.43. The number of hydrogen-bond donors (Lipinski definition) is 3. The van der Waals surface area contributed by atoms with E-state index in [1.54, 1.807) is 14.0 Å². The van der Waals surface area contributed by atoms with Crippen molar-refractivity contribution in [3.63, 3.8) is 0 Å². The first-order valence-electron chi connectivity index (χ1n) is 9.07. The maximum atomic E-state index is 11.0. The number of rotatable bonds is 7. The number of benzene rings is 1. The molecular weight excluding hydrogens is 368 g/mol. The molecule has 0 spiro atoms. The van der Waals surface area contributed by atoms with Crippen LogP contribution in [-0.2, 0) is 20.8 Å². The number of carbonyl (C=O) groups excluding carboxylic acids is 1. The van der Waals surface area contributed by atoms with Crippen LogP contribution in [0.15, 0.2) is 18.2 Å². The van der Waals surface area contributed by atoms with Crippen molar-refractivity contribution in [1.29, 1.82) is 0 Å². The third-order valence-electron chi connectivity index (χ3n) is 4.09. The van der Waals surface area contributed by atoms with E-state index in [1.807, 2.05) is 18.2 Å². The fourth-order valence-corrected chi connectivity index (χ4v) is 2.89. The summed E-state index contributed by atoms with van der Waals surface area (Å²) in [6, 6.07) is 5.94. The molecular formula is C19H28N2O7. The molecule has 1 aliphatic rings. The van der Waals surface area contributed by atoms with Crippen molar-refractivity contribution < 1.29 is 34.1 Å². The monoisotopic (exact) mass is 396 g/mol. The number of carboxylic acid groups (broad SMARTS) is 2. The van der Waals surface area contributed by atoms with Crippen molar-refractivity contribution >= 4 is 17.8 Å². The summed E-state index contributed by atoms with van der Waals surface area (Å²) in [7, 11) is 1.69. The topological polar surface area (TPSA) is 125 Å². The Bertz CT molecular complexity index is 666. The lowest BCUT2D eigenvalue weighted by Gasteiger charge is -2.35. The van der Waals surface area contributed by atoms with Gasteiger partial charge in [-0.1, -0.05) is 13.0 Å². The highest BCUT2D eigenvalue weighted by molar-refractivity contribution is 6.27. The van der Waals surface area contributed by atoms with Crippen LogP contribution in [0.4, 0.5) is 0 Å². The van der Waals surface area contributed by atoms with Gasteiger partial charge in [0.2, 0.25) is 5.91 Å². The van der Waals surface area contributed by atoms with Crippen LogP contribution in [0.3, 0.4) is 0 Å². The number of nitrogens with zero attached hydrogens (tertiary/aromatic N) is 1. The highest BCUT2D eigenvalue weighted by atomic mass is 16.5. The Morgan fingerprint density at radius 3 is 2.46 bits per heavy atom. The van der Waals surface area contributed by atoms with Crippen LogP contribution in [0.25, 0.3) is 0 Å². The van der Waals surface area contributed by atoms with Gasteiger partial charge in [0, 0.05) is 38.5 Å². The van der Waals surface area contributed by atoms with Gasteiger partial charge in [-0.3, -0.25) is 9.69 Å². The minimum atomic E-state index is -1.82. The molecule has 1 aromatic rings. The maximum absolute atomic E-state index is 11.0. The lowest BCUT2D eigenvalue weighted by atomic mass is 10.0. The van der Waals surface area contributed by atoms with E-state index < -0.39 is 11.9 Å². The first-order chi connectivity index (χ1) is 13.3. The van der Waals surface area contributed by atoms with Gasteiger partial charge < -0.3 is 25.0 Å². The van der Waals surface area contributed by atoms with E-state index in [0.717, 1.165) is 49.4 Å². The second-order valence-electron chi connectivity index (χ2n) is 6.18. The number of methoxy groups -OCH3 is 1. The van der Waals surface area contributed by atoms with Crippen molar-refractivity contribution in [2.24, 2.45) is 0 Å². The molecule has 1 aromatic carbocycles. The molecule has 156 valence electrons. The van der Waals surface area contributed by atoms with Crippen LogP contribution in [0, 0.1) is 0 Å². The normalized spacial score (nSPS) is 14.8. The molecule has 1 atom stereocenters. The summed E-state index contributed by atoms with van der Waals surface area (Å²) in [5, 5.41) is 17.6. The van der Waals surface area contributed by atoms with Crippen molar-refractivity contribution in [2.45, 2.75) is 39.3 Å². The van der Waals surface area contributed by atoms with Gasteiger partial charge in [-0.25, -0.2) is 9.59 Å². The van der Waals surface area contributed by atoms with Crippen LogP contribution < -0.4 is 14.8 Å². The molecule has 1 unspecified atom stereocenters. The van der Waals surface area contributed by atoms with E-state index in [9.17, 15) is 4.79 Å². The molecule has 28 heavy (non-hydrogen) atoms. The summed E-state index contributed by atoms with van der Waals surface area (Å²) in [6.45, 7) is 6.12. The second-order valence-corrected chi connectivity index (χ2v) is 6.18. The molecule has 0 saturated carbocycles. The first kappa shape index (κ1) is 23.2. The molecule has 1 aliphatic heterocycles. The minimum Gasteiger partial charge on any atom is -0.496 e. The van der Waals surface area contributed by atoms with Crippen LogP contribution in [0.5, 0.6) is 11.5 Å². The van der Waals surface area contributed by atoms with Crippen molar-refractivity contribution in [1.82, 2.24) is 10.2 Å². The number of fused-ring (bicyclic) bond motifs is 1. The van der Waals surface area contributed by atoms with Gasteiger partial charge in [-0.05, 0) is 25.0 Å². The number of ether oxygens (including phenoxy) is 2. The Labute approximate surface area is 164 Å². The Hall–Kier alpha value is -2.81. The number of carbonyl (C=O) groups is 3. The zero-order chi connectivity index (χ0) is 21.1. The molecule has 2 rings (SSSR count). The van der Waals surface area contributed by atoms with Gasteiger partial charge in [0.1, 0.15) is 11.5 Å². The summed E-state index contributed by atoms with van der Waals surface area (Å²) in [6.07, 6.45) is 3.01. The molecule has 0 fully saturated rings. The van der Waals surface area contributed by atoms with Crippen LogP contribution >= 0.6 is 0 Å². The van der Waals surface area contributed by atoms with E-state index in [4.69, 9.17) is 29.3 Å². The summed E-state index contributed by atoms with van der Waals surface area (Å²) in [5.41, 5.74) is 1.15. The van der Waals surface area contributed by atoms with E-state index in [1.165, 1.54) is 0 Å². The van der Waals surface area contributed by atoms with Gasteiger partial charge in [0.05, 0.1) is 7.11 Å². The van der Waals surface area contributed by atoms with Gasteiger partial charge in [-0.2, -0.15) is 0 Å². The lowest BCUT2D eigenvalue weighted by Crippen LogP contribution is -2.45. The van der Waals surface area contributed by atoms with Crippen LogP contribution in [0.1, 0.15) is 32.3 Å². The fraction of sp³-hybridized carbons (Fsp3) is 0.526. The lowest BCUT2D eigenvalue weighted by molar-refractivity contribution is -0.159. The zero-order valence-corrected chi connectivity index (χ0v) is 16.4. The van der Waals surface area contributed by atoms with E-state index in [2.05, 4.69) is 17.1 Å². The highest BCUT2D eigenvalue weighted by Gasteiger charge is 2.26. The largest absolute Gasteiger partial charge is 0.496 e. The molecule has 1 amide bonds. The zero-order valence-electron chi connectivity index (χ0n) is 16.4. The fourth-order valence-electron chi connectivity index (χ4n) is 2.89. The number of carboxylic acids is 2. The molecule has 0 aromatic heterocycles. The highest BCUT2D eigenvalue weighted by Crippen LogP contribution is 2.35. The summed E-state index contributed by atoms with van der Waals surface area (Å²) in [5.74, 6) is -1.83. The van der Waals surface area contributed by atoms with Gasteiger partial charge >= 0.3 is 11.9 Å². The first-order valence-corrected chi connectivity index (χ1v) is 9.07. The molecule has 9 heteroatoms. The van der Waals surface area contributed by atoms with Gasteiger partial charge in [-0.15, -0.1) is 0 Å². The molecule has 1 heterocycles. The number of hydrogen-bond acceptors (Lipinski definition) is 6. The number of nitrogens with one attached hydrogen (secondary N) is 1. The second kappa shape index (κ2) is 11.8. The molecule has 0 aliphatic carbocycles. The summed E-state index contributed by atoms with van der Waals surface area (Å²) < 4.78 is 11.6. The molecule has 3 N–H and O–H groups in total. The number of amides is 1. The van der Waals surface area contributed by atoms with E-state index in [-0.39, 0.29) is 12.1 Å². The average molecular weight is 396 g/mol. The summed E-state index contributed by atoms with van der Waals surface area (Å²) in [4.78, 5) is 31.5. The van der Waals surface area contributed by atoms with Crippen LogP contribution in [0.2, 0.25) is 0 Å². The van der Waals surface area contributed by atoms with E-state index >= 15 is 0 Å². The quantitative estimate of drug-likeness (QED) is 0.590. The smallest absolute Gasteiger partial charge is 0.414 e. The predicted molar refractivity (Wildman–Crippen MR) is 102 cm³/mol. The Kier molecular flexibility index (Phi) is 9.80. The maximum Gasteiger partial charge on any atom is 0.414 e. The van der Waals surface area contributed by atoms with Gasteiger partial charge in [0.15, 0.2) is 6.23 Å². The Morgan fingerprint density at radius 2 is 1.93 bits per heavy atom.